The lowest BCUT2D eigenvalue weighted by molar-refractivity contribution is 0.528. The van der Waals surface area contributed by atoms with Crippen LogP contribution >= 0.6 is 15.9 Å². The molecule has 1 aliphatic carbocycles. The van der Waals surface area contributed by atoms with Crippen molar-refractivity contribution in [1.29, 1.82) is 5.26 Å². The van der Waals surface area contributed by atoms with Gasteiger partial charge in [-0.2, -0.15) is 5.26 Å². The van der Waals surface area contributed by atoms with E-state index in [0.717, 1.165) is 16.6 Å². The minimum Gasteiger partial charge on any atom is -0.368 e. The highest BCUT2D eigenvalue weighted by atomic mass is 79.9. The summed E-state index contributed by atoms with van der Waals surface area (Å²) in [5.41, 5.74) is 1.94. The van der Waals surface area contributed by atoms with Crippen LogP contribution in [0.15, 0.2) is 22.7 Å². The summed E-state index contributed by atoms with van der Waals surface area (Å²) < 4.78 is 0.999. The number of nitrogens with zero attached hydrogens (tertiary/aromatic N) is 2. The number of anilines is 1. The molecule has 1 aliphatic rings. The maximum absolute atomic E-state index is 9.16. The summed E-state index contributed by atoms with van der Waals surface area (Å²) >= 11 is 3.53. The van der Waals surface area contributed by atoms with E-state index in [9.17, 15) is 0 Å². The fourth-order valence-corrected chi connectivity index (χ4v) is 3.42. The Morgan fingerprint density at radius 3 is 2.60 bits per heavy atom. The van der Waals surface area contributed by atoms with E-state index in [-0.39, 0.29) is 0 Å². The van der Waals surface area contributed by atoms with Crippen molar-refractivity contribution in [3.05, 3.63) is 28.2 Å². The Labute approximate surface area is 130 Å². The molecule has 2 nitrogen and oxygen atoms in total. The van der Waals surface area contributed by atoms with Crippen molar-refractivity contribution in [1.82, 2.24) is 0 Å². The molecular formula is C17H23BrN2. The third kappa shape index (κ3) is 3.99. The van der Waals surface area contributed by atoms with E-state index in [2.05, 4.69) is 46.8 Å². The third-order valence-electron chi connectivity index (χ3n) is 4.06. The van der Waals surface area contributed by atoms with Gasteiger partial charge in [0.1, 0.15) is 0 Å². The van der Waals surface area contributed by atoms with Gasteiger partial charge in [-0.3, -0.25) is 0 Å². The van der Waals surface area contributed by atoms with E-state index in [1.54, 1.807) is 0 Å². The van der Waals surface area contributed by atoms with Crippen LogP contribution in [0.5, 0.6) is 0 Å². The molecule has 0 unspecified atom stereocenters. The standard InChI is InChI=1S/C17H23BrN2/c1-13(2)7-8-20(16-5-3-4-6-16)17-10-14(12-19)9-15(18)11-17/h9-11,13,16H,3-8H2,1-2H3. The second-order valence-corrected chi connectivity index (χ2v) is 7.04. The minimum atomic E-state index is 0.648. The van der Waals surface area contributed by atoms with Gasteiger partial charge in [0.15, 0.2) is 0 Å². The SMILES string of the molecule is CC(C)CCN(c1cc(Br)cc(C#N)c1)C1CCCC1. The molecule has 20 heavy (non-hydrogen) atoms. The van der Waals surface area contributed by atoms with Gasteiger partial charge in [0, 0.05) is 22.7 Å². The highest BCUT2D eigenvalue weighted by Gasteiger charge is 2.23. The van der Waals surface area contributed by atoms with Gasteiger partial charge in [-0.05, 0) is 43.4 Å². The number of halogens is 1. The van der Waals surface area contributed by atoms with Crippen LogP contribution in [0.1, 0.15) is 51.5 Å². The highest BCUT2D eigenvalue weighted by Crippen LogP contribution is 2.31. The molecule has 0 heterocycles. The Kier molecular flexibility index (Phi) is 5.48. The van der Waals surface area contributed by atoms with Crippen LogP contribution in [-0.4, -0.2) is 12.6 Å². The molecule has 1 fully saturated rings. The Morgan fingerprint density at radius 2 is 2.00 bits per heavy atom. The van der Waals surface area contributed by atoms with Crippen molar-refractivity contribution < 1.29 is 0 Å². The Morgan fingerprint density at radius 1 is 1.30 bits per heavy atom. The van der Waals surface area contributed by atoms with E-state index in [4.69, 9.17) is 5.26 Å². The maximum atomic E-state index is 9.16. The summed E-state index contributed by atoms with van der Waals surface area (Å²) in [7, 11) is 0. The monoisotopic (exact) mass is 334 g/mol. The number of hydrogen-bond acceptors (Lipinski definition) is 2. The number of benzene rings is 1. The lowest BCUT2D eigenvalue weighted by atomic mass is 10.1. The topological polar surface area (TPSA) is 27.0 Å². The second kappa shape index (κ2) is 7.13. The Balaban J connectivity index is 2.24. The average molecular weight is 335 g/mol. The molecule has 2 rings (SSSR count). The van der Waals surface area contributed by atoms with Gasteiger partial charge in [-0.1, -0.05) is 42.6 Å². The molecule has 0 amide bonds. The normalized spacial score (nSPS) is 15.6. The van der Waals surface area contributed by atoms with Crippen molar-refractivity contribution in [2.45, 2.75) is 52.0 Å². The molecule has 3 heteroatoms. The average Bonchev–Trinajstić information content (AvgIpc) is 2.92. The predicted molar refractivity (Wildman–Crippen MR) is 87.9 cm³/mol. The van der Waals surface area contributed by atoms with E-state index < -0.39 is 0 Å². The maximum Gasteiger partial charge on any atom is 0.0992 e. The van der Waals surface area contributed by atoms with E-state index in [0.29, 0.717) is 12.0 Å². The summed E-state index contributed by atoms with van der Waals surface area (Å²) in [6.07, 6.45) is 6.44. The number of nitriles is 1. The predicted octanol–water partition coefficient (Wildman–Crippen LogP) is 5.12. The number of hydrogen-bond donors (Lipinski definition) is 0. The van der Waals surface area contributed by atoms with Crippen LogP contribution in [0, 0.1) is 17.2 Å². The first kappa shape index (κ1) is 15.4. The van der Waals surface area contributed by atoms with E-state index in [1.165, 1.54) is 37.8 Å². The van der Waals surface area contributed by atoms with Gasteiger partial charge < -0.3 is 4.90 Å². The fourth-order valence-electron chi connectivity index (χ4n) is 2.94. The molecule has 0 N–H and O–H groups in total. The zero-order valence-corrected chi connectivity index (χ0v) is 14.0. The van der Waals surface area contributed by atoms with Crippen molar-refractivity contribution in [2.24, 2.45) is 5.92 Å². The quantitative estimate of drug-likeness (QED) is 0.747. The van der Waals surface area contributed by atoms with Crippen LogP contribution in [0.2, 0.25) is 0 Å². The van der Waals surface area contributed by atoms with Gasteiger partial charge in [0.25, 0.3) is 0 Å². The van der Waals surface area contributed by atoms with Crippen LogP contribution in [-0.2, 0) is 0 Å². The Hall–Kier alpha value is -1.01. The molecule has 0 bridgehead atoms. The summed E-state index contributed by atoms with van der Waals surface area (Å²) in [4.78, 5) is 2.53. The second-order valence-electron chi connectivity index (χ2n) is 6.12. The molecule has 1 saturated carbocycles. The lowest BCUT2D eigenvalue weighted by Gasteiger charge is -2.32. The van der Waals surface area contributed by atoms with Gasteiger partial charge in [0.2, 0.25) is 0 Å². The van der Waals surface area contributed by atoms with Gasteiger partial charge in [0.05, 0.1) is 11.6 Å². The summed E-state index contributed by atoms with van der Waals surface area (Å²) in [5, 5.41) is 9.16. The molecule has 0 saturated heterocycles. The molecule has 1 aromatic rings. The van der Waals surface area contributed by atoms with Gasteiger partial charge in [-0.25, -0.2) is 0 Å². The van der Waals surface area contributed by atoms with Crippen molar-refractivity contribution in [2.75, 3.05) is 11.4 Å². The van der Waals surface area contributed by atoms with Crippen molar-refractivity contribution >= 4 is 21.6 Å². The lowest BCUT2D eigenvalue weighted by Crippen LogP contribution is -2.34. The van der Waals surface area contributed by atoms with E-state index >= 15 is 0 Å². The molecular weight excluding hydrogens is 312 g/mol. The first-order valence-electron chi connectivity index (χ1n) is 7.57. The zero-order chi connectivity index (χ0) is 14.5. The third-order valence-corrected chi connectivity index (χ3v) is 4.51. The molecule has 0 aliphatic heterocycles. The minimum absolute atomic E-state index is 0.648. The molecule has 0 atom stereocenters. The summed E-state index contributed by atoms with van der Waals surface area (Å²) in [6.45, 7) is 5.63. The molecule has 0 spiro atoms. The largest absolute Gasteiger partial charge is 0.368 e. The molecule has 108 valence electrons. The first-order valence-corrected chi connectivity index (χ1v) is 8.37. The first-order chi connectivity index (χ1) is 9.60. The number of rotatable bonds is 5. The van der Waals surface area contributed by atoms with Crippen LogP contribution in [0.3, 0.4) is 0 Å². The van der Waals surface area contributed by atoms with Crippen LogP contribution in [0.25, 0.3) is 0 Å². The summed E-state index contributed by atoms with van der Waals surface area (Å²) in [6, 6.07) is 8.98. The Bertz CT molecular complexity index is 484. The molecule has 0 radical (unpaired) electrons. The van der Waals surface area contributed by atoms with Crippen LogP contribution < -0.4 is 4.90 Å². The smallest absolute Gasteiger partial charge is 0.0992 e. The summed E-state index contributed by atoms with van der Waals surface area (Å²) in [5.74, 6) is 0.710. The van der Waals surface area contributed by atoms with Gasteiger partial charge >= 0.3 is 0 Å². The van der Waals surface area contributed by atoms with Crippen LogP contribution in [0.4, 0.5) is 5.69 Å². The fraction of sp³-hybridized carbons (Fsp3) is 0.588. The molecule has 1 aromatic carbocycles. The zero-order valence-electron chi connectivity index (χ0n) is 12.4. The highest BCUT2D eigenvalue weighted by molar-refractivity contribution is 9.10. The van der Waals surface area contributed by atoms with Crippen molar-refractivity contribution in [3.63, 3.8) is 0 Å². The van der Waals surface area contributed by atoms with E-state index in [1.807, 2.05) is 12.1 Å². The van der Waals surface area contributed by atoms with Crippen molar-refractivity contribution in [3.8, 4) is 6.07 Å². The van der Waals surface area contributed by atoms with Gasteiger partial charge in [-0.15, -0.1) is 0 Å². The molecule has 0 aromatic heterocycles.